The average molecular weight is 488 g/mol. The van der Waals surface area contributed by atoms with Crippen molar-refractivity contribution >= 4 is 35.1 Å². The molecule has 0 radical (unpaired) electrons. The van der Waals surface area contributed by atoms with Crippen LogP contribution in [0.15, 0.2) is 36.4 Å². The maximum atomic E-state index is 14.1. The number of nitrogens with one attached hydrogen (secondary N) is 2. The largest absolute Gasteiger partial charge is 0.493 e. The Balaban J connectivity index is 2.03. The summed E-state index contributed by atoms with van der Waals surface area (Å²) in [5, 5.41) is 3.42. The normalized spacial score (nSPS) is 18.1. The molecule has 2 N–H and O–H groups in total. The first-order valence-electron chi connectivity index (χ1n) is 9.10. The van der Waals surface area contributed by atoms with Gasteiger partial charge in [0, 0.05) is 10.6 Å². The number of rotatable bonds is 6. The highest BCUT2D eigenvalue weighted by Crippen LogP contribution is 2.39. The van der Waals surface area contributed by atoms with Crippen molar-refractivity contribution in [2.75, 3.05) is 26.2 Å². The number of methoxy groups -OCH3 is 3. The van der Waals surface area contributed by atoms with E-state index in [1.54, 1.807) is 10.6 Å². The number of amides is 4. The topological polar surface area (TPSA) is 106 Å². The molecule has 0 aliphatic carbocycles. The summed E-state index contributed by atoms with van der Waals surface area (Å²) < 4.78 is 57.6. The zero-order valence-corrected chi connectivity index (χ0v) is 18.1. The third-order valence-electron chi connectivity index (χ3n) is 4.76. The molecule has 0 aromatic heterocycles. The Labute approximate surface area is 190 Å². The van der Waals surface area contributed by atoms with Gasteiger partial charge in [0.2, 0.25) is 5.75 Å². The molecular weight excluding hydrogens is 471 g/mol. The number of ether oxygens (including phenoxy) is 3. The van der Waals surface area contributed by atoms with E-state index in [1.807, 2.05) is 0 Å². The summed E-state index contributed by atoms with van der Waals surface area (Å²) >= 11 is 5.76. The first-order valence-corrected chi connectivity index (χ1v) is 9.48. The smallest absolute Gasteiger partial charge is 0.440 e. The first kappa shape index (κ1) is 24.0. The second-order valence-electron chi connectivity index (χ2n) is 6.66. The summed E-state index contributed by atoms with van der Waals surface area (Å²) in [6.45, 7) is 0. The fraction of sp³-hybridized carbons (Fsp3) is 0.250. The van der Waals surface area contributed by atoms with Crippen molar-refractivity contribution < 1.29 is 41.8 Å². The molecule has 1 saturated heterocycles. The molecule has 4 amide bonds. The molecule has 1 aliphatic heterocycles. The molecule has 3 rings (SSSR count). The summed E-state index contributed by atoms with van der Waals surface area (Å²) in [4.78, 5) is 38.4. The molecule has 2 aromatic carbocycles. The zero-order valence-electron chi connectivity index (χ0n) is 17.4. The van der Waals surface area contributed by atoms with Crippen LogP contribution in [0.4, 0.5) is 23.7 Å². The van der Waals surface area contributed by atoms with Crippen LogP contribution < -0.4 is 29.7 Å². The van der Waals surface area contributed by atoms with Gasteiger partial charge >= 0.3 is 12.2 Å². The first-order chi connectivity index (χ1) is 15.5. The Morgan fingerprint density at radius 3 is 2.03 bits per heavy atom. The van der Waals surface area contributed by atoms with Crippen molar-refractivity contribution in [1.82, 2.24) is 10.6 Å². The highest BCUT2D eigenvalue weighted by molar-refractivity contribution is 6.31. The molecule has 0 bridgehead atoms. The molecule has 9 nitrogen and oxygen atoms in total. The van der Waals surface area contributed by atoms with Crippen LogP contribution in [0.1, 0.15) is 10.4 Å². The lowest BCUT2D eigenvalue weighted by Gasteiger charge is -2.30. The summed E-state index contributed by atoms with van der Waals surface area (Å²) in [6.07, 6.45) is -5.39. The quantitative estimate of drug-likeness (QED) is 0.606. The van der Waals surface area contributed by atoms with Gasteiger partial charge in [-0.15, -0.1) is 0 Å². The molecule has 1 fully saturated rings. The van der Waals surface area contributed by atoms with Gasteiger partial charge in [0.25, 0.3) is 17.5 Å². The van der Waals surface area contributed by atoms with E-state index in [-0.39, 0.29) is 38.4 Å². The Hall–Kier alpha value is -3.67. The predicted molar refractivity (Wildman–Crippen MR) is 110 cm³/mol. The molecule has 176 valence electrons. The molecular formula is C20H17ClF3N3O6. The van der Waals surface area contributed by atoms with Crippen molar-refractivity contribution in [3.8, 4) is 17.2 Å². The number of nitrogens with zero attached hydrogens (tertiary/aromatic N) is 1. The molecule has 0 saturated carbocycles. The maximum absolute atomic E-state index is 14.1. The highest BCUT2D eigenvalue weighted by atomic mass is 35.5. The average Bonchev–Trinajstić information content (AvgIpc) is 3.03. The number of halogens is 4. The summed E-state index contributed by atoms with van der Waals surface area (Å²) in [6, 6.07) is 5.77. The lowest BCUT2D eigenvalue weighted by molar-refractivity contribution is -0.197. The molecule has 13 heteroatoms. The molecule has 1 heterocycles. The number of imide groups is 1. The fourth-order valence-corrected chi connectivity index (χ4v) is 3.28. The number of urea groups is 1. The van der Waals surface area contributed by atoms with Gasteiger partial charge in [0.05, 0.1) is 27.0 Å². The molecule has 1 atom stereocenters. The molecule has 0 spiro atoms. The minimum atomic E-state index is -5.39. The third-order valence-corrected chi connectivity index (χ3v) is 5.01. The molecule has 1 aliphatic rings. The van der Waals surface area contributed by atoms with E-state index < -0.39 is 29.7 Å². The third kappa shape index (κ3) is 4.09. The SMILES string of the molecule is COc1cc(C(=O)N[C@]2(C(F)(F)F)NC(=O)N(c3ccc(Cl)cc3)C2=O)cc(OC)c1OC. The van der Waals surface area contributed by atoms with E-state index in [2.05, 4.69) is 0 Å². The number of carbonyl (C=O) groups is 3. The van der Waals surface area contributed by atoms with E-state index >= 15 is 0 Å². The van der Waals surface area contributed by atoms with E-state index in [1.165, 1.54) is 45.6 Å². The lowest BCUT2D eigenvalue weighted by atomic mass is 10.1. The standard InChI is InChI=1S/C20H17ClF3N3O6/c1-31-13-8-10(9-14(32-2)15(13)33-3)16(28)25-19(20(22,23)24)17(29)27(18(30)26-19)12-6-4-11(21)5-7-12/h4-9H,1-3H3,(H,25,28)(H,26,30)/t19-/m0/s1. The van der Waals surface area contributed by atoms with E-state index in [0.29, 0.717) is 0 Å². The lowest BCUT2D eigenvalue weighted by Crippen LogP contribution is -2.69. The Kier molecular flexibility index (Phi) is 6.32. The maximum Gasteiger partial charge on any atom is 0.440 e. The van der Waals surface area contributed by atoms with Crippen LogP contribution in [-0.2, 0) is 4.79 Å². The van der Waals surface area contributed by atoms with E-state index in [0.717, 1.165) is 12.1 Å². The monoisotopic (exact) mass is 487 g/mol. The molecule has 0 unspecified atom stereocenters. The second-order valence-corrected chi connectivity index (χ2v) is 7.10. The van der Waals surface area contributed by atoms with Gasteiger partial charge in [-0.05, 0) is 36.4 Å². The van der Waals surface area contributed by atoms with Crippen molar-refractivity contribution in [2.24, 2.45) is 0 Å². The van der Waals surface area contributed by atoms with Crippen molar-refractivity contribution in [1.29, 1.82) is 0 Å². The predicted octanol–water partition coefficient (Wildman–Crippen LogP) is 3.11. The van der Waals surface area contributed by atoms with Crippen LogP contribution >= 0.6 is 11.6 Å². The van der Waals surface area contributed by atoms with Gasteiger partial charge in [-0.1, -0.05) is 11.6 Å². The number of hydrogen-bond acceptors (Lipinski definition) is 6. The fourth-order valence-electron chi connectivity index (χ4n) is 3.16. The Morgan fingerprint density at radius 2 is 1.58 bits per heavy atom. The van der Waals surface area contributed by atoms with Gasteiger partial charge in [0.15, 0.2) is 11.5 Å². The van der Waals surface area contributed by atoms with Crippen LogP contribution in [-0.4, -0.2) is 51.0 Å². The minimum Gasteiger partial charge on any atom is -0.493 e. The molecule has 2 aromatic rings. The summed E-state index contributed by atoms with van der Waals surface area (Å²) in [7, 11) is 3.80. The van der Waals surface area contributed by atoms with Gasteiger partial charge in [-0.25, -0.2) is 9.69 Å². The van der Waals surface area contributed by atoms with Crippen LogP contribution in [0, 0.1) is 0 Å². The van der Waals surface area contributed by atoms with E-state index in [9.17, 15) is 27.6 Å². The van der Waals surface area contributed by atoms with Crippen LogP contribution in [0.25, 0.3) is 0 Å². The number of carbonyl (C=O) groups excluding carboxylic acids is 3. The Morgan fingerprint density at radius 1 is 1.03 bits per heavy atom. The van der Waals surface area contributed by atoms with Crippen molar-refractivity contribution in [3.05, 3.63) is 47.0 Å². The van der Waals surface area contributed by atoms with Gasteiger partial charge in [0.1, 0.15) is 0 Å². The van der Waals surface area contributed by atoms with Crippen LogP contribution in [0.3, 0.4) is 0 Å². The number of hydrogen-bond donors (Lipinski definition) is 2. The van der Waals surface area contributed by atoms with Crippen LogP contribution in [0.5, 0.6) is 17.2 Å². The minimum absolute atomic E-state index is 0.00682. The highest BCUT2D eigenvalue weighted by Gasteiger charge is 2.69. The zero-order chi connectivity index (χ0) is 24.6. The number of anilines is 1. The number of alkyl halides is 3. The van der Waals surface area contributed by atoms with E-state index in [4.69, 9.17) is 25.8 Å². The second kappa shape index (κ2) is 8.70. The van der Waals surface area contributed by atoms with Gasteiger partial charge in [-0.2, -0.15) is 13.2 Å². The van der Waals surface area contributed by atoms with Gasteiger partial charge < -0.3 is 19.5 Å². The Bertz CT molecular complexity index is 1080. The van der Waals surface area contributed by atoms with Crippen LogP contribution in [0.2, 0.25) is 5.02 Å². The number of benzene rings is 2. The van der Waals surface area contributed by atoms with Gasteiger partial charge in [-0.3, -0.25) is 14.9 Å². The summed E-state index contributed by atoms with van der Waals surface area (Å²) in [5.41, 5.74) is -4.24. The summed E-state index contributed by atoms with van der Waals surface area (Å²) in [5.74, 6) is -3.00. The van der Waals surface area contributed by atoms with Crippen molar-refractivity contribution in [3.63, 3.8) is 0 Å². The molecule has 33 heavy (non-hydrogen) atoms. The van der Waals surface area contributed by atoms with Crippen molar-refractivity contribution in [2.45, 2.75) is 11.8 Å².